The minimum absolute atomic E-state index is 0.158. The Morgan fingerprint density at radius 1 is 1.64 bits per heavy atom. The quantitative estimate of drug-likeness (QED) is 0.686. The van der Waals surface area contributed by atoms with Gasteiger partial charge in [-0.15, -0.1) is 6.58 Å². The van der Waals surface area contributed by atoms with Gasteiger partial charge in [0.05, 0.1) is 0 Å². The van der Waals surface area contributed by atoms with Crippen LogP contribution >= 0.6 is 0 Å². The summed E-state index contributed by atoms with van der Waals surface area (Å²) < 4.78 is 0. The molecule has 0 spiro atoms. The summed E-state index contributed by atoms with van der Waals surface area (Å²) in [6.45, 7) is 4.27. The van der Waals surface area contributed by atoms with Gasteiger partial charge in [0.25, 0.3) is 0 Å². The van der Waals surface area contributed by atoms with E-state index in [1.165, 1.54) is 6.42 Å². The lowest BCUT2D eigenvalue weighted by Crippen LogP contribution is -2.41. The molecule has 1 aliphatic rings. The lowest BCUT2D eigenvalue weighted by atomic mass is 10.0. The Balaban J connectivity index is 2.54. The normalized spacial score (nSPS) is 26.1. The van der Waals surface area contributed by atoms with Gasteiger partial charge in [0, 0.05) is 19.5 Å². The van der Waals surface area contributed by atoms with E-state index in [1.54, 1.807) is 6.08 Å². The Morgan fingerprint density at radius 2 is 2.36 bits per heavy atom. The van der Waals surface area contributed by atoms with Crippen LogP contribution in [0.25, 0.3) is 0 Å². The van der Waals surface area contributed by atoms with Crippen LogP contribution in [0, 0.1) is 5.92 Å². The van der Waals surface area contributed by atoms with Crippen molar-refractivity contribution in [1.82, 2.24) is 4.90 Å². The Labute approximate surface area is 86.0 Å². The van der Waals surface area contributed by atoms with Crippen LogP contribution in [0.2, 0.25) is 0 Å². The van der Waals surface area contributed by atoms with E-state index in [0.29, 0.717) is 24.9 Å². The highest BCUT2D eigenvalue weighted by Gasteiger charge is 2.30. The molecule has 0 bridgehead atoms. The van der Waals surface area contributed by atoms with Crippen LogP contribution in [-0.4, -0.2) is 30.4 Å². The first-order valence-corrected chi connectivity index (χ1v) is 5.27. The molecule has 0 heterocycles. The molecule has 1 amide bonds. The van der Waals surface area contributed by atoms with Crippen molar-refractivity contribution in [1.29, 1.82) is 0 Å². The molecule has 1 rings (SSSR count). The van der Waals surface area contributed by atoms with Crippen molar-refractivity contribution in [3.8, 4) is 0 Å². The summed E-state index contributed by atoms with van der Waals surface area (Å²) in [7, 11) is 1.88. The van der Waals surface area contributed by atoms with Crippen molar-refractivity contribution in [2.75, 3.05) is 13.6 Å². The molecule has 0 aromatic rings. The van der Waals surface area contributed by atoms with Gasteiger partial charge in [-0.3, -0.25) is 4.79 Å². The highest BCUT2D eigenvalue weighted by atomic mass is 16.2. The van der Waals surface area contributed by atoms with Crippen molar-refractivity contribution >= 4 is 5.91 Å². The monoisotopic (exact) mass is 196 g/mol. The first kappa shape index (κ1) is 11.2. The largest absolute Gasteiger partial charge is 0.342 e. The molecule has 0 aliphatic heterocycles. The molecule has 3 heteroatoms. The van der Waals surface area contributed by atoms with Crippen molar-refractivity contribution in [2.45, 2.75) is 31.7 Å². The Kier molecular flexibility index (Phi) is 4.14. The number of carbonyl (C=O) groups is 1. The zero-order valence-corrected chi connectivity index (χ0v) is 8.91. The lowest BCUT2D eigenvalue weighted by Gasteiger charge is -2.28. The minimum Gasteiger partial charge on any atom is -0.342 e. The topological polar surface area (TPSA) is 46.3 Å². The first-order valence-electron chi connectivity index (χ1n) is 5.27. The molecule has 14 heavy (non-hydrogen) atoms. The van der Waals surface area contributed by atoms with Crippen LogP contribution in [0.4, 0.5) is 0 Å². The number of hydrogen-bond donors (Lipinski definition) is 1. The fourth-order valence-electron chi connectivity index (χ4n) is 2.25. The standard InChI is InChI=1S/C11H20N2O/c1-3-5-11(14)13(2)10-7-4-6-9(10)8-12/h3,9-10H,1,4-8,12H2,2H3. The van der Waals surface area contributed by atoms with Crippen LogP contribution in [0.15, 0.2) is 12.7 Å². The summed E-state index contributed by atoms with van der Waals surface area (Å²) in [6.07, 6.45) is 5.54. The summed E-state index contributed by atoms with van der Waals surface area (Å²) in [6, 6.07) is 0.354. The molecule has 0 aromatic carbocycles. The lowest BCUT2D eigenvalue weighted by molar-refractivity contribution is -0.131. The molecule has 3 nitrogen and oxygen atoms in total. The summed E-state index contributed by atoms with van der Waals surface area (Å²) in [5.41, 5.74) is 5.68. The number of hydrogen-bond acceptors (Lipinski definition) is 2. The van der Waals surface area contributed by atoms with E-state index in [-0.39, 0.29) is 5.91 Å². The average molecular weight is 196 g/mol. The van der Waals surface area contributed by atoms with Crippen molar-refractivity contribution in [3.05, 3.63) is 12.7 Å². The predicted octanol–water partition coefficient (Wildman–Crippen LogP) is 1.15. The van der Waals surface area contributed by atoms with Gasteiger partial charge >= 0.3 is 0 Å². The van der Waals surface area contributed by atoms with E-state index in [1.807, 2.05) is 11.9 Å². The van der Waals surface area contributed by atoms with Gasteiger partial charge < -0.3 is 10.6 Å². The van der Waals surface area contributed by atoms with Crippen LogP contribution in [0.5, 0.6) is 0 Å². The number of nitrogens with zero attached hydrogens (tertiary/aromatic N) is 1. The summed E-state index contributed by atoms with van der Waals surface area (Å²) in [5, 5.41) is 0. The molecule has 1 saturated carbocycles. The summed E-state index contributed by atoms with van der Waals surface area (Å²) in [5.74, 6) is 0.652. The Bertz CT molecular complexity index is 215. The zero-order chi connectivity index (χ0) is 10.6. The molecular weight excluding hydrogens is 176 g/mol. The van der Waals surface area contributed by atoms with E-state index >= 15 is 0 Å². The van der Waals surface area contributed by atoms with Crippen LogP contribution in [-0.2, 0) is 4.79 Å². The number of rotatable bonds is 4. The number of carbonyl (C=O) groups excluding carboxylic acids is 1. The molecule has 0 aromatic heterocycles. The molecular formula is C11H20N2O. The Morgan fingerprint density at radius 3 is 2.93 bits per heavy atom. The van der Waals surface area contributed by atoms with Crippen molar-refractivity contribution < 1.29 is 4.79 Å². The maximum absolute atomic E-state index is 11.6. The van der Waals surface area contributed by atoms with E-state index in [9.17, 15) is 4.79 Å². The molecule has 0 saturated heterocycles. The average Bonchev–Trinajstić information content (AvgIpc) is 2.64. The van der Waals surface area contributed by atoms with E-state index in [0.717, 1.165) is 12.8 Å². The van der Waals surface area contributed by atoms with Gasteiger partial charge in [-0.25, -0.2) is 0 Å². The van der Waals surface area contributed by atoms with Crippen LogP contribution in [0.1, 0.15) is 25.7 Å². The van der Waals surface area contributed by atoms with Gasteiger partial charge in [-0.05, 0) is 25.3 Å². The summed E-state index contributed by atoms with van der Waals surface area (Å²) >= 11 is 0. The van der Waals surface area contributed by atoms with Crippen LogP contribution in [0.3, 0.4) is 0 Å². The van der Waals surface area contributed by atoms with Gasteiger partial charge in [-0.2, -0.15) is 0 Å². The third-order valence-electron chi connectivity index (χ3n) is 3.13. The third-order valence-corrected chi connectivity index (χ3v) is 3.13. The second-order valence-corrected chi connectivity index (χ2v) is 3.99. The second kappa shape index (κ2) is 5.15. The van der Waals surface area contributed by atoms with Crippen molar-refractivity contribution in [3.63, 3.8) is 0 Å². The SMILES string of the molecule is C=CCC(=O)N(C)C1CCCC1CN. The second-order valence-electron chi connectivity index (χ2n) is 3.99. The summed E-state index contributed by atoms with van der Waals surface area (Å²) in [4.78, 5) is 13.5. The molecule has 1 aliphatic carbocycles. The maximum Gasteiger partial charge on any atom is 0.226 e. The molecule has 2 atom stereocenters. The fraction of sp³-hybridized carbons (Fsp3) is 0.727. The maximum atomic E-state index is 11.6. The predicted molar refractivity (Wildman–Crippen MR) is 57.8 cm³/mol. The van der Waals surface area contributed by atoms with Gasteiger partial charge in [0.1, 0.15) is 0 Å². The first-order chi connectivity index (χ1) is 6.70. The number of nitrogens with two attached hydrogens (primary N) is 1. The smallest absolute Gasteiger partial charge is 0.226 e. The number of amides is 1. The van der Waals surface area contributed by atoms with Gasteiger partial charge in [0.2, 0.25) is 5.91 Å². The van der Waals surface area contributed by atoms with E-state index in [2.05, 4.69) is 6.58 Å². The van der Waals surface area contributed by atoms with Gasteiger partial charge in [0.15, 0.2) is 0 Å². The zero-order valence-electron chi connectivity index (χ0n) is 8.91. The third kappa shape index (κ3) is 2.35. The fourth-order valence-corrected chi connectivity index (χ4v) is 2.25. The van der Waals surface area contributed by atoms with E-state index < -0.39 is 0 Å². The highest BCUT2D eigenvalue weighted by molar-refractivity contribution is 5.77. The van der Waals surface area contributed by atoms with Crippen molar-refractivity contribution in [2.24, 2.45) is 11.7 Å². The van der Waals surface area contributed by atoms with Crippen LogP contribution < -0.4 is 5.73 Å². The minimum atomic E-state index is 0.158. The molecule has 0 radical (unpaired) electrons. The highest BCUT2D eigenvalue weighted by Crippen LogP contribution is 2.28. The molecule has 2 N–H and O–H groups in total. The Hall–Kier alpha value is -0.830. The molecule has 2 unspecified atom stereocenters. The molecule has 1 fully saturated rings. The van der Waals surface area contributed by atoms with Gasteiger partial charge in [-0.1, -0.05) is 12.5 Å². The van der Waals surface area contributed by atoms with E-state index in [4.69, 9.17) is 5.73 Å². The molecule has 80 valence electrons.